The highest BCUT2D eigenvalue weighted by molar-refractivity contribution is 4.90. The molecule has 2 aliphatic rings. The molecule has 106 valence electrons. The van der Waals surface area contributed by atoms with Crippen molar-refractivity contribution in [1.82, 2.24) is 0 Å². The fraction of sp³-hybridized carbons (Fsp3) is 1.00. The van der Waals surface area contributed by atoms with E-state index in [1.807, 2.05) is 0 Å². The largest absolute Gasteiger partial charge is 0.0654 e. The van der Waals surface area contributed by atoms with Crippen molar-refractivity contribution in [3.63, 3.8) is 0 Å². The lowest BCUT2D eigenvalue weighted by Gasteiger charge is -2.36. The molecule has 0 amide bonds. The van der Waals surface area contributed by atoms with Crippen LogP contribution in [0.2, 0.25) is 0 Å². The topological polar surface area (TPSA) is 0 Å². The first-order valence-electron chi connectivity index (χ1n) is 8.63. The summed E-state index contributed by atoms with van der Waals surface area (Å²) in [6, 6.07) is 0. The van der Waals surface area contributed by atoms with Crippen LogP contribution in [0.4, 0.5) is 0 Å². The van der Waals surface area contributed by atoms with Crippen molar-refractivity contribution in [3.05, 3.63) is 0 Å². The molecule has 2 rings (SSSR count). The maximum atomic E-state index is 2.53. The molecule has 0 aromatic heterocycles. The molecule has 0 N–H and O–H groups in total. The lowest BCUT2D eigenvalue weighted by molar-refractivity contribution is 0.139. The average molecular weight is 250 g/mol. The zero-order valence-corrected chi connectivity index (χ0v) is 13.1. The third-order valence-corrected chi connectivity index (χ3v) is 6.31. The van der Waals surface area contributed by atoms with E-state index >= 15 is 0 Å². The molecular formula is C18H34. The van der Waals surface area contributed by atoms with E-state index in [9.17, 15) is 0 Å². The lowest BCUT2D eigenvalue weighted by atomic mass is 9.69. The maximum Gasteiger partial charge on any atom is -0.0332 e. The summed E-state index contributed by atoms with van der Waals surface area (Å²) in [7, 11) is 0. The second kappa shape index (κ2) is 6.44. The van der Waals surface area contributed by atoms with Gasteiger partial charge in [0, 0.05) is 0 Å². The Morgan fingerprint density at radius 1 is 0.889 bits per heavy atom. The molecule has 0 aromatic carbocycles. The average Bonchev–Trinajstić information content (AvgIpc) is 2.62. The molecule has 0 heterocycles. The van der Waals surface area contributed by atoms with Crippen molar-refractivity contribution < 1.29 is 0 Å². The molecular weight excluding hydrogens is 216 g/mol. The highest BCUT2D eigenvalue weighted by Gasteiger charge is 2.41. The van der Waals surface area contributed by atoms with Gasteiger partial charge < -0.3 is 0 Å². The standard InChI is InChI=1S/C18H34/c1-5-6-7-16-8-10-17(11-9-16)18-14(3)12-13(2)15(18)4/h13-18H,5-12H2,1-4H3. The van der Waals surface area contributed by atoms with Gasteiger partial charge in [-0.2, -0.15) is 0 Å². The fourth-order valence-corrected chi connectivity index (χ4v) is 5.10. The minimum Gasteiger partial charge on any atom is -0.0654 e. The van der Waals surface area contributed by atoms with Gasteiger partial charge in [-0.3, -0.25) is 0 Å². The van der Waals surface area contributed by atoms with Crippen LogP contribution in [0.3, 0.4) is 0 Å². The van der Waals surface area contributed by atoms with E-state index < -0.39 is 0 Å². The molecule has 0 saturated heterocycles. The summed E-state index contributed by atoms with van der Waals surface area (Å²) in [6.45, 7) is 9.86. The zero-order valence-electron chi connectivity index (χ0n) is 13.1. The van der Waals surface area contributed by atoms with Gasteiger partial charge in [0.2, 0.25) is 0 Å². The van der Waals surface area contributed by atoms with E-state index in [-0.39, 0.29) is 0 Å². The molecule has 4 atom stereocenters. The number of hydrogen-bond donors (Lipinski definition) is 0. The van der Waals surface area contributed by atoms with E-state index in [0.717, 1.165) is 35.5 Å². The highest BCUT2D eigenvalue weighted by Crippen LogP contribution is 2.49. The Balaban J connectivity index is 1.82. The van der Waals surface area contributed by atoms with Crippen molar-refractivity contribution in [2.45, 2.75) is 79.1 Å². The summed E-state index contributed by atoms with van der Waals surface area (Å²) in [5.74, 6) is 6.14. The first-order chi connectivity index (χ1) is 8.63. The number of rotatable bonds is 4. The summed E-state index contributed by atoms with van der Waals surface area (Å²) < 4.78 is 0. The fourth-order valence-electron chi connectivity index (χ4n) is 5.10. The van der Waals surface area contributed by atoms with Gasteiger partial charge in [-0.1, -0.05) is 59.8 Å². The Bertz CT molecular complexity index is 236. The zero-order chi connectivity index (χ0) is 13.1. The predicted octanol–water partition coefficient (Wildman–Crippen LogP) is 5.91. The molecule has 0 heteroatoms. The molecule has 0 aliphatic heterocycles. The van der Waals surface area contributed by atoms with Crippen LogP contribution in [0.25, 0.3) is 0 Å². The van der Waals surface area contributed by atoms with Crippen LogP contribution < -0.4 is 0 Å². The second-order valence-corrected chi connectivity index (χ2v) is 7.55. The van der Waals surface area contributed by atoms with E-state index in [0.29, 0.717) is 0 Å². The first-order valence-corrected chi connectivity index (χ1v) is 8.63. The van der Waals surface area contributed by atoms with Crippen LogP contribution in [-0.4, -0.2) is 0 Å². The molecule has 0 aromatic rings. The Hall–Kier alpha value is 0. The summed E-state index contributed by atoms with van der Waals surface area (Å²) in [5, 5.41) is 0. The quantitative estimate of drug-likeness (QED) is 0.581. The van der Waals surface area contributed by atoms with Crippen LogP contribution in [0, 0.1) is 35.5 Å². The smallest absolute Gasteiger partial charge is 0.0332 e. The van der Waals surface area contributed by atoms with Crippen LogP contribution in [0.15, 0.2) is 0 Å². The van der Waals surface area contributed by atoms with Gasteiger partial charge in [0.15, 0.2) is 0 Å². The van der Waals surface area contributed by atoms with Gasteiger partial charge in [0.1, 0.15) is 0 Å². The summed E-state index contributed by atoms with van der Waals surface area (Å²) in [6.07, 6.45) is 12.0. The molecule has 2 saturated carbocycles. The molecule has 0 spiro atoms. The van der Waals surface area contributed by atoms with E-state index in [4.69, 9.17) is 0 Å². The van der Waals surface area contributed by atoms with Gasteiger partial charge in [0.25, 0.3) is 0 Å². The minimum absolute atomic E-state index is 0.975. The van der Waals surface area contributed by atoms with Crippen LogP contribution in [0.5, 0.6) is 0 Å². The number of unbranched alkanes of at least 4 members (excludes halogenated alkanes) is 1. The molecule has 2 aliphatic carbocycles. The molecule has 0 bridgehead atoms. The maximum absolute atomic E-state index is 2.53. The van der Waals surface area contributed by atoms with Crippen molar-refractivity contribution >= 4 is 0 Å². The molecule has 18 heavy (non-hydrogen) atoms. The Morgan fingerprint density at radius 3 is 2.06 bits per heavy atom. The SMILES string of the molecule is CCCCC1CCC(C2C(C)CC(C)C2C)CC1. The monoisotopic (exact) mass is 250 g/mol. The molecule has 2 fully saturated rings. The van der Waals surface area contributed by atoms with Gasteiger partial charge in [-0.25, -0.2) is 0 Å². The lowest BCUT2D eigenvalue weighted by Crippen LogP contribution is -2.27. The summed E-state index contributed by atoms with van der Waals surface area (Å²) in [5.41, 5.74) is 0. The van der Waals surface area contributed by atoms with Crippen LogP contribution in [0.1, 0.15) is 79.1 Å². The normalized spacial score (nSPS) is 45.3. The third kappa shape index (κ3) is 3.11. The third-order valence-electron chi connectivity index (χ3n) is 6.31. The summed E-state index contributed by atoms with van der Waals surface area (Å²) in [4.78, 5) is 0. The second-order valence-electron chi connectivity index (χ2n) is 7.55. The van der Waals surface area contributed by atoms with Crippen molar-refractivity contribution in [1.29, 1.82) is 0 Å². The van der Waals surface area contributed by atoms with Crippen molar-refractivity contribution in [2.24, 2.45) is 35.5 Å². The van der Waals surface area contributed by atoms with E-state index in [2.05, 4.69) is 27.7 Å². The van der Waals surface area contributed by atoms with Crippen LogP contribution in [-0.2, 0) is 0 Å². The molecule has 0 radical (unpaired) electrons. The van der Waals surface area contributed by atoms with E-state index in [1.54, 1.807) is 12.8 Å². The minimum atomic E-state index is 0.975. The Labute approximate surface area is 115 Å². The van der Waals surface area contributed by atoms with Crippen molar-refractivity contribution in [3.8, 4) is 0 Å². The van der Waals surface area contributed by atoms with Gasteiger partial charge >= 0.3 is 0 Å². The molecule has 0 nitrogen and oxygen atoms in total. The predicted molar refractivity (Wildman–Crippen MR) is 80.6 cm³/mol. The Kier molecular flexibility index (Phi) is 5.15. The highest BCUT2D eigenvalue weighted by atomic mass is 14.5. The first kappa shape index (κ1) is 14.4. The number of hydrogen-bond acceptors (Lipinski definition) is 0. The van der Waals surface area contributed by atoms with Gasteiger partial charge in [-0.05, 0) is 54.8 Å². The van der Waals surface area contributed by atoms with Gasteiger partial charge in [-0.15, -0.1) is 0 Å². The Morgan fingerprint density at radius 2 is 1.56 bits per heavy atom. The molecule has 4 unspecified atom stereocenters. The van der Waals surface area contributed by atoms with Crippen LogP contribution >= 0.6 is 0 Å². The van der Waals surface area contributed by atoms with Crippen molar-refractivity contribution in [2.75, 3.05) is 0 Å². The summed E-state index contributed by atoms with van der Waals surface area (Å²) >= 11 is 0. The van der Waals surface area contributed by atoms with Gasteiger partial charge in [0.05, 0.1) is 0 Å². The van der Waals surface area contributed by atoms with E-state index in [1.165, 1.54) is 38.5 Å².